The van der Waals surface area contributed by atoms with E-state index in [1.165, 1.54) is 0 Å². The van der Waals surface area contributed by atoms with Gasteiger partial charge < -0.3 is 9.73 Å². The Morgan fingerprint density at radius 2 is 1.96 bits per heavy atom. The highest BCUT2D eigenvalue weighted by atomic mass is 32.1. The second-order valence-electron chi connectivity index (χ2n) is 8.13. The van der Waals surface area contributed by atoms with Crippen LogP contribution in [0.2, 0.25) is 0 Å². The van der Waals surface area contributed by atoms with E-state index >= 15 is 0 Å². The first kappa shape index (κ1) is 21.1. The largest absolute Gasteiger partial charge is 0.414 e. The van der Waals surface area contributed by atoms with Crippen molar-refractivity contribution in [3.05, 3.63) is 26.8 Å². The van der Waals surface area contributed by atoms with Crippen molar-refractivity contribution in [2.24, 2.45) is 0 Å². The van der Waals surface area contributed by atoms with Crippen molar-refractivity contribution >= 4 is 29.5 Å². The number of thiazole rings is 1. The second-order valence-corrected chi connectivity index (χ2v) is 9.54. The van der Waals surface area contributed by atoms with Crippen molar-refractivity contribution in [1.82, 2.24) is 29.9 Å². The van der Waals surface area contributed by atoms with Crippen LogP contribution in [0.25, 0.3) is 0 Å². The third-order valence-corrected chi connectivity index (χ3v) is 5.44. The van der Waals surface area contributed by atoms with Crippen LogP contribution in [0.3, 0.4) is 0 Å². The van der Waals surface area contributed by atoms with Crippen molar-refractivity contribution in [1.29, 1.82) is 0 Å². The molecule has 3 rings (SSSR count). The Morgan fingerprint density at radius 1 is 1.29 bits per heavy atom. The molecule has 1 saturated heterocycles. The zero-order valence-corrected chi connectivity index (χ0v) is 18.5. The fraction of sp³-hybridized carbons (Fsp3) is 0.667. The molecule has 1 fully saturated rings. The zero-order valence-electron chi connectivity index (χ0n) is 16.9. The van der Waals surface area contributed by atoms with Gasteiger partial charge >= 0.3 is 0 Å². The highest BCUT2D eigenvalue weighted by Crippen LogP contribution is 2.13. The van der Waals surface area contributed by atoms with E-state index in [1.54, 1.807) is 16.0 Å². The predicted octanol–water partition coefficient (Wildman–Crippen LogP) is 2.05. The van der Waals surface area contributed by atoms with Gasteiger partial charge in [-0.1, -0.05) is 0 Å². The molecule has 0 spiro atoms. The lowest BCUT2D eigenvalue weighted by Crippen LogP contribution is -2.51. The van der Waals surface area contributed by atoms with Crippen molar-refractivity contribution in [3.63, 3.8) is 0 Å². The lowest BCUT2D eigenvalue weighted by molar-refractivity contribution is -0.124. The molecule has 8 nitrogen and oxygen atoms in total. The van der Waals surface area contributed by atoms with Crippen LogP contribution in [0, 0.1) is 11.8 Å². The van der Waals surface area contributed by atoms with Gasteiger partial charge in [0, 0.05) is 37.1 Å². The van der Waals surface area contributed by atoms with Crippen molar-refractivity contribution < 1.29 is 9.21 Å². The molecule has 28 heavy (non-hydrogen) atoms. The van der Waals surface area contributed by atoms with Gasteiger partial charge in [0.1, 0.15) is 0 Å². The van der Waals surface area contributed by atoms with E-state index in [0.29, 0.717) is 30.4 Å². The highest BCUT2D eigenvalue weighted by molar-refractivity contribution is 7.71. The number of rotatable bonds is 6. The first-order valence-corrected chi connectivity index (χ1v) is 10.7. The average molecular weight is 425 g/mol. The Balaban J connectivity index is 1.48. The Morgan fingerprint density at radius 3 is 2.57 bits per heavy atom. The molecule has 2 aromatic heterocycles. The minimum atomic E-state index is -0.197. The molecule has 154 valence electrons. The minimum absolute atomic E-state index is 0.0709. The van der Waals surface area contributed by atoms with Crippen LogP contribution in [0.1, 0.15) is 37.4 Å². The number of carbonyl (C=O) groups is 1. The molecule has 1 aliphatic rings. The topological polar surface area (TPSA) is 79.4 Å². The van der Waals surface area contributed by atoms with Gasteiger partial charge in [-0.2, -0.15) is 0 Å². The third-order valence-electron chi connectivity index (χ3n) is 4.33. The average Bonchev–Trinajstić information content (AvgIpc) is 3.13. The van der Waals surface area contributed by atoms with Crippen molar-refractivity contribution in [2.45, 2.75) is 46.3 Å². The van der Waals surface area contributed by atoms with Gasteiger partial charge in [0.2, 0.25) is 11.8 Å². The molecule has 10 heteroatoms. The van der Waals surface area contributed by atoms with Gasteiger partial charge in [-0.05, 0) is 39.9 Å². The Labute approximate surface area is 174 Å². The molecule has 0 bridgehead atoms. The zero-order chi connectivity index (χ0) is 20.3. The first-order valence-electron chi connectivity index (χ1n) is 9.41. The Bertz CT molecular complexity index is 858. The number of aromatic nitrogens is 3. The van der Waals surface area contributed by atoms with Crippen molar-refractivity contribution in [3.8, 4) is 0 Å². The Kier molecular flexibility index (Phi) is 6.64. The molecule has 0 atom stereocenters. The standard InChI is InChI=1S/C18H28N6O2S2/c1-13-19-14(11-28-13)9-16-21-24(17(27)26-16)12-23-7-5-22(6-8-23)10-15(25)20-18(2,3)4/h11H,5-10,12H2,1-4H3,(H,20,25). The lowest BCUT2D eigenvalue weighted by atomic mass is 10.1. The van der Waals surface area contributed by atoms with Gasteiger partial charge in [0.15, 0.2) is 0 Å². The van der Waals surface area contributed by atoms with Crippen LogP contribution in [0.4, 0.5) is 0 Å². The van der Waals surface area contributed by atoms with Crippen LogP contribution in [0.5, 0.6) is 0 Å². The molecule has 0 saturated carbocycles. The van der Waals surface area contributed by atoms with E-state index in [0.717, 1.165) is 36.9 Å². The van der Waals surface area contributed by atoms with Gasteiger partial charge in [-0.25, -0.2) is 9.67 Å². The Hall–Kier alpha value is -1.62. The predicted molar refractivity (Wildman–Crippen MR) is 111 cm³/mol. The normalized spacial score (nSPS) is 16.4. The number of hydrogen-bond donors (Lipinski definition) is 1. The SMILES string of the molecule is Cc1nc(Cc2nn(CN3CCN(CC(=O)NC(C)(C)C)CC3)c(=S)o2)cs1. The maximum atomic E-state index is 12.1. The summed E-state index contributed by atoms with van der Waals surface area (Å²) in [5.41, 5.74) is 0.755. The number of hydrogen-bond acceptors (Lipinski definition) is 8. The number of piperazine rings is 1. The quantitative estimate of drug-likeness (QED) is 0.711. The van der Waals surface area contributed by atoms with Gasteiger partial charge in [-0.3, -0.25) is 14.6 Å². The van der Waals surface area contributed by atoms with Crippen LogP contribution in [-0.2, 0) is 17.9 Å². The fourth-order valence-electron chi connectivity index (χ4n) is 3.09. The molecular weight excluding hydrogens is 396 g/mol. The van der Waals surface area contributed by atoms with E-state index in [2.05, 4.69) is 25.2 Å². The second kappa shape index (κ2) is 8.81. The van der Waals surface area contributed by atoms with E-state index in [4.69, 9.17) is 16.6 Å². The van der Waals surface area contributed by atoms with E-state index in [-0.39, 0.29) is 11.4 Å². The number of aryl methyl sites for hydroxylation is 1. The summed E-state index contributed by atoms with van der Waals surface area (Å²) in [4.78, 5) is 21.4. The fourth-order valence-corrected chi connectivity index (χ4v) is 3.90. The number of amides is 1. The maximum Gasteiger partial charge on any atom is 0.288 e. The summed E-state index contributed by atoms with van der Waals surface area (Å²) < 4.78 is 7.36. The first-order chi connectivity index (χ1) is 13.2. The summed E-state index contributed by atoms with van der Waals surface area (Å²) in [5, 5.41) is 10.6. The van der Waals surface area contributed by atoms with E-state index in [9.17, 15) is 4.79 Å². The lowest BCUT2D eigenvalue weighted by Gasteiger charge is -2.34. The molecule has 1 aliphatic heterocycles. The van der Waals surface area contributed by atoms with Crippen molar-refractivity contribution in [2.75, 3.05) is 32.7 Å². The molecule has 2 aromatic rings. The summed E-state index contributed by atoms with van der Waals surface area (Å²) >= 11 is 6.93. The number of nitrogens with one attached hydrogen (secondary N) is 1. The molecule has 1 N–H and O–H groups in total. The summed E-state index contributed by atoms with van der Waals surface area (Å²) in [5.74, 6) is 0.661. The minimum Gasteiger partial charge on any atom is -0.414 e. The molecule has 0 aromatic carbocycles. The molecule has 0 radical (unpaired) electrons. The van der Waals surface area contributed by atoms with Gasteiger partial charge in [0.25, 0.3) is 4.84 Å². The van der Waals surface area contributed by atoms with E-state index < -0.39 is 0 Å². The van der Waals surface area contributed by atoms with Gasteiger partial charge in [-0.15, -0.1) is 16.4 Å². The van der Waals surface area contributed by atoms with Crippen LogP contribution in [0.15, 0.2) is 9.80 Å². The van der Waals surface area contributed by atoms with Crippen LogP contribution >= 0.6 is 23.6 Å². The third kappa shape index (κ3) is 6.20. The van der Waals surface area contributed by atoms with Gasteiger partial charge in [0.05, 0.1) is 30.3 Å². The summed E-state index contributed by atoms with van der Waals surface area (Å²) in [7, 11) is 0. The monoisotopic (exact) mass is 424 g/mol. The number of nitrogens with zero attached hydrogens (tertiary/aromatic N) is 5. The maximum absolute atomic E-state index is 12.1. The molecule has 0 aliphatic carbocycles. The molecule has 0 unspecified atom stereocenters. The van der Waals surface area contributed by atoms with E-state index in [1.807, 2.05) is 33.1 Å². The highest BCUT2D eigenvalue weighted by Gasteiger charge is 2.22. The molecule has 3 heterocycles. The van der Waals surface area contributed by atoms with Crippen LogP contribution < -0.4 is 5.32 Å². The summed E-state index contributed by atoms with van der Waals surface area (Å²) in [6.07, 6.45) is 0.553. The summed E-state index contributed by atoms with van der Waals surface area (Å²) in [6.45, 7) is 12.4. The smallest absolute Gasteiger partial charge is 0.288 e. The molecular formula is C18H28N6O2S2. The summed E-state index contributed by atoms with van der Waals surface area (Å²) in [6, 6.07) is 0. The number of carbonyl (C=O) groups excluding carboxylic acids is 1. The molecule has 1 amide bonds. The van der Waals surface area contributed by atoms with Crippen LogP contribution in [-0.4, -0.2) is 68.7 Å².